The van der Waals surface area contributed by atoms with Crippen LogP contribution in [0, 0.1) is 0 Å². The first-order valence-corrected chi connectivity index (χ1v) is 24.5. The highest BCUT2D eigenvalue weighted by atomic mass is 31.2. The lowest BCUT2D eigenvalue weighted by Crippen LogP contribution is -2.34. The third-order valence-corrected chi connectivity index (χ3v) is 10.4. The highest BCUT2D eigenvalue weighted by Gasteiger charge is 2.28. The third-order valence-electron chi connectivity index (χ3n) is 9.43. The Morgan fingerprint density at radius 3 is 1.37 bits per heavy atom. The van der Waals surface area contributed by atoms with E-state index in [0.29, 0.717) is 19.3 Å². The van der Waals surface area contributed by atoms with Crippen molar-refractivity contribution >= 4 is 25.7 Å². The van der Waals surface area contributed by atoms with Gasteiger partial charge in [-0.15, -0.1) is 0 Å². The fraction of sp³-hybridized carbons (Fsp3) is 0.688. The van der Waals surface area contributed by atoms with Gasteiger partial charge in [-0.3, -0.25) is 23.4 Å². The smallest absolute Gasteiger partial charge is 0.472 e. The maximum Gasteiger partial charge on any atom is 0.472 e. The van der Waals surface area contributed by atoms with Gasteiger partial charge in [0.2, 0.25) is 0 Å². The summed E-state index contributed by atoms with van der Waals surface area (Å²) in [6.07, 6.45) is 51.3. The number of carboxylic acid groups (broad SMARTS) is 1. The normalized spacial score (nSPS) is 14.3. The number of phosphoric acid groups is 1. The molecule has 3 atom stereocenters. The Hall–Kier alpha value is -3.08. The van der Waals surface area contributed by atoms with Gasteiger partial charge >= 0.3 is 25.7 Å². The summed E-state index contributed by atoms with van der Waals surface area (Å²) in [6.45, 7) is 2.70. The molecule has 60 heavy (non-hydrogen) atoms. The molecule has 0 aromatic heterocycles. The van der Waals surface area contributed by atoms with Gasteiger partial charge in [0.25, 0.3) is 0 Å². The molecule has 0 heterocycles. The number of esters is 2. The summed E-state index contributed by atoms with van der Waals surface area (Å²) in [4.78, 5) is 46.0. The van der Waals surface area contributed by atoms with E-state index in [1.54, 1.807) is 0 Å². The van der Waals surface area contributed by atoms with Gasteiger partial charge in [0.1, 0.15) is 12.6 Å². The van der Waals surface area contributed by atoms with Gasteiger partial charge < -0.3 is 25.2 Å². The first-order chi connectivity index (χ1) is 29.1. The maximum absolute atomic E-state index is 12.6. The Kier molecular flexibility index (Phi) is 40.4. The monoisotopic (exact) mass is 864 g/mol. The number of rotatable bonds is 42. The first-order valence-electron chi connectivity index (χ1n) is 23.0. The van der Waals surface area contributed by atoms with Gasteiger partial charge in [-0.25, -0.2) is 4.57 Å². The molecule has 0 aliphatic carbocycles. The van der Waals surface area contributed by atoms with Crippen molar-refractivity contribution in [3.8, 4) is 0 Å². The van der Waals surface area contributed by atoms with Crippen LogP contribution >= 0.6 is 7.82 Å². The molecule has 0 aliphatic heterocycles. The molecule has 0 aromatic rings. The van der Waals surface area contributed by atoms with Gasteiger partial charge in [-0.2, -0.15) is 0 Å². The molecule has 344 valence electrons. The lowest BCUT2D eigenvalue weighted by atomic mass is 10.1. The van der Waals surface area contributed by atoms with Crippen LogP contribution in [0.2, 0.25) is 0 Å². The van der Waals surface area contributed by atoms with Gasteiger partial charge in [-0.05, 0) is 83.5 Å². The van der Waals surface area contributed by atoms with Crippen LogP contribution in [0.1, 0.15) is 181 Å². The van der Waals surface area contributed by atoms with Crippen LogP contribution < -0.4 is 5.73 Å². The molecular formula is C48H82NO10P. The number of phosphoric ester groups is 1. The molecule has 4 N–H and O–H groups in total. The van der Waals surface area contributed by atoms with Crippen LogP contribution in [-0.4, -0.2) is 59.9 Å². The van der Waals surface area contributed by atoms with E-state index >= 15 is 0 Å². The molecule has 11 nitrogen and oxygen atoms in total. The van der Waals surface area contributed by atoms with Crippen LogP contribution in [0.25, 0.3) is 0 Å². The van der Waals surface area contributed by atoms with Crippen molar-refractivity contribution in [2.75, 3.05) is 19.8 Å². The number of carbonyl (C=O) groups is 3. The molecule has 0 bridgehead atoms. The average Bonchev–Trinajstić information content (AvgIpc) is 3.22. The van der Waals surface area contributed by atoms with Gasteiger partial charge in [0, 0.05) is 12.8 Å². The molecule has 1 unspecified atom stereocenters. The SMILES string of the molecule is CCCCCCCC/C=C/C/C=C/CCCCC(=O)O[C@@H](COC(=O)CCC/C=C/C/C=C/C/C=C/C/C=C/CCCCCCCCC)COP(=O)(O)OC[C@H](N)C(=O)O. The summed E-state index contributed by atoms with van der Waals surface area (Å²) in [5, 5.41) is 8.89. The minimum absolute atomic E-state index is 0.104. The third kappa shape index (κ3) is 41.6. The second-order valence-corrected chi connectivity index (χ2v) is 16.6. The van der Waals surface area contributed by atoms with Crippen molar-refractivity contribution in [2.24, 2.45) is 5.73 Å². The Balaban J connectivity index is 4.47. The largest absolute Gasteiger partial charge is 0.480 e. The fourth-order valence-electron chi connectivity index (χ4n) is 5.79. The number of nitrogens with two attached hydrogens (primary N) is 1. The molecule has 12 heteroatoms. The number of carbonyl (C=O) groups excluding carboxylic acids is 2. The molecule has 0 spiro atoms. The van der Waals surface area contributed by atoms with E-state index in [1.165, 1.54) is 89.9 Å². The zero-order chi connectivity index (χ0) is 44.2. The minimum Gasteiger partial charge on any atom is -0.480 e. The topological polar surface area (TPSA) is 172 Å². The molecular weight excluding hydrogens is 781 g/mol. The van der Waals surface area contributed by atoms with Crippen molar-refractivity contribution in [3.05, 3.63) is 72.9 Å². The standard InChI is InChI=1S/C48H82NO10P/c1-3-5-7-9-11-13-15-17-19-20-21-22-23-24-26-27-29-31-33-35-37-39-46(50)56-41-44(42-57-60(54,55)58-43-45(49)48(52)53)59-47(51)40-38-36-34-32-30-28-25-18-16-14-12-10-8-6-4-2/h18-20,22-23,25-27,30-33,44-45H,3-17,21,24,28-29,34-43,49H2,1-2H3,(H,52,53)(H,54,55)/b20-19+,23-22+,25-18+,27-26+,32-30+,33-31+/t44-,45-/m0/s1. The molecule has 0 rings (SSSR count). The van der Waals surface area contributed by atoms with Crippen LogP contribution in [-0.2, 0) is 37.5 Å². The summed E-state index contributed by atoms with van der Waals surface area (Å²) >= 11 is 0. The number of hydrogen-bond acceptors (Lipinski definition) is 9. The quantitative estimate of drug-likeness (QED) is 0.0231. The lowest BCUT2D eigenvalue weighted by Gasteiger charge is -2.20. The summed E-state index contributed by atoms with van der Waals surface area (Å²) in [5.74, 6) is -2.50. The fourth-order valence-corrected chi connectivity index (χ4v) is 6.57. The highest BCUT2D eigenvalue weighted by Crippen LogP contribution is 2.43. The summed E-state index contributed by atoms with van der Waals surface area (Å²) in [6, 6.07) is -1.54. The average molecular weight is 864 g/mol. The number of allylic oxidation sites excluding steroid dienone is 12. The molecule has 0 amide bonds. The Bertz CT molecular complexity index is 1290. The van der Waals surface area contributed by atoms with Crippen LogP contribution in [0.5, 0.6) is 0 Å². The van der Waals surface area contributed by atoms with E-state index in [1.807, 2.05) is 6.08 Å². The van der Waals surface area contributed by atoms with Crippen LogP contribution in [0.3, 0.4) is 0 Å². The summed E-state index contributed by atoms with van der Waals surface area (Å²) < 4.78 is 32.6. The first kappa shape index (κ1) is 56.9. The number of aliphatic carboxylic acids is 1. The number of carboxylic acids is 1. The molecule has 0 fully saturated rings. The molecule has 0 aromatic carbocycles. The predicted molar refractivity (Wildman–Crippen MR) is 244 cm³/mol. The van der Waals surface area contributed by atoms with E-state index in [2.05, 4.69) is 85.2 Å². The number of unbranched alkanes of at least 4 members (excludes halogenated alkanes) is 16. The Labute approximate surface area is 363 Å². The van der Waals surface area contributed by atoms with Crippen LogP contribution in [0.15, 0.2) is 72.9 Å². The second kappa shape index (κ2) is 42.6. The van der Waals surface area contributed by atoms with Gasteiger partial charge in [-0.1, -0.05) is 157 Å². The summed E-state index contributed by atoms with van der Waals surface area (Å²) in [5.41, 5.74) is 5.33. The van der Waals surface area contributed by atoms with Crippen molar-refractivity contribution < 1.29 is 47.5 Å². The second-order valence-electron chi connectivity index (χ2n) is 15.2. The van der Waals surface area contributed by atoms with Gasteiger partial charge in [0.15, 0.2) is 6.10 Å². The van der Waals surface area contributed by atoms with Crippen molar-refractivity contribution in [3.63, 3.8) is 0 Å². The predicted octanol–water partition coefficient (Wildman–Crippen LogP) is 12.5. The van der Waals surface area contributed by atoms with Gasteiger partial charge in [0.05, 0.1) is 13.2 Å². The van der Waals surface area contributed by atoms with E-state index < -0.39 is 51.1 Å². The Morgan fingerprint density at radius 1 is 0.517 bits per heavy atom. The lowest BCUT2D eigenvalue weighted by molar-refractivity contribution is -0.161. The Morgan fingerprint density at radius 2 is 0.900 bits per heavy atom. The number of hydrogen-bond donors (Lipinski definition) is 3. The molecule has 0 saturated carbocycles. The molecule has 0 radical (unpaired) electrons. The minimum atomic E-state index is -4.74. The number of ether oxygens (including phenoxy) is 2. The maximum atomic E-state index is 12.6. The zero-order valence-corrected chi connectivity index (χ0v) is 38.2. The van der Waals surface area contributed by atoms with Crippen molar-refractivity contribution in [1.82, 2.24) is 0 Å². The van der Waals surface area contributed by atoms with E-state index in [4.69, 9.17) is 24.8 Å². The van der Waals surface area contributed by atoms with Crippen LogP contribution in [0.4, 0.5) is 0 Å². The van der Waals surface area contributed by atoms with Crippen molar-refractivity contribution in [1.29, 1.82) is 0 Å². The highest BCUT2D eigenvalue weighted by molar-refractivity contribution is 7.47. The zero-order valence-electron chi connectivity index (χ0n) is 37.3. The molecule has 0 saturated heterocycles. The van der Waals surface area contributed by atoms with E-state index in [-0.39, 0.29) is 19.4 Å². The molecule has 0 aliphatic rings. The van der Waals surface area contributed by atoms with E-state index in [9.17, 15) is 23.8 Å². The van der Waals surface area contributed by atoms with E-state index in [0.717, 1.165) is 44.9 Å². The summed E-state index contributed by atoms with van der Waals surface area (Å²) in [7, 11) is -4.74. The van der Waals surface area contributed by atoms with Crippen molar-refractivity contribution in [2.45, 2.75) is 193 Å².